The first-order valence-electron chi connectivity index (χ1n) is 4.97. The average molecular weight is 176 g/mol. The molecule has 0 bridgehead atoms. The SMILES string of the molecule is CCC1CNc2ccccc2NC1. The topological polar surface area (TPSA) is 24.1 Å². The van der Waals surface area contributed by atoms with E-state index in [0.29, 0.717) is 0 Å². The Labute approximate surface area is 79.4 Å². The summed E-state index contributed by atoms with van der Waals surface area (Å²) in [6.07, 6.45) is 1.23. The predicted octanol–water partition coefficient (Wildman–Crippen LogP) is 2.55. The van der Waals surface area contributed by atoms with Crippen LogP contribution in [0.15, 0.2) is 24.3 Å². The number of hydrogen-bond donors (Lipinski definition) is 2. The van der Waals surface area contributed by atoms with E-state index in [-0.39, 0.29) is 0 Å². The lowest BCUT2D eigenvalue weighted by molar-refractivity contribution is 0.570. The monoisotopic (exact) mass is 176 g/mol. The molecular weight excluding hydrogens is 160 g/mol. The van der Waals surface area contributed by atoms with E-state index in [2.05, 4.69) is 41.8 Å². The van der Waals surface area contributed by atoms with Crippen molar-refractivity contribution in [2.24, 2.45) is 5.92 Å². The molecule has 1 aliphatic heterocycles. The zero-order chi connectivity index (χ0) is 9.10. The number of rotatable bonds is 1. The van der Waals surface area contributed by atoms with Crippen molar-refractivity contribution in [2.45, 2.75) is 13.3 Å². The van der Waals surface area contributed by atoms with Gasteiger partial charge in [0.2, 0.25) is 0 Å². The van der Waals surface area contributed by atoms with Gasteiger partial charge >= 0.3 is 0 Å². The molecule has 0 amide bonds. The Morgan fingerprint density at radius 2 is 1.69 bits per heavy atom. The van der Waals surface area contributed by atoms with Gasteiger partial charge in [0.1, 0.15) is 0 Å². The minimum Gasteiger partial charge on any atom is -0.383 e. The van der Waals surface area contributed by atoms with Crippen LogP contribution in [0.3, 0.4) is 0 Å². The predicted molar refractivity (Wildman–Crippen MR) is 57.2 cm³/mol. The number of benzene rings is 1. The standard InChI is InChI=1S/C11H16N2/c1-2-9-7-12-10-5-3-4-6-11(10)13-8-9/h3-6,9,12-13H,2,7-8H2,1H3. The Kier molecular flexibility index (Phi) is 2.39. The zero-order valence-corrected chi connectivity index (χ0v) is 8.01. The van der Waals surface area contributed by atoms with Crippen LogP contribution in [0.25, 0.3) is 0 Å². The molecule has 2 rings (SSSR count). The van der Waals surface area contributed by atoms with Crippen LogP contribution in [0.4, 0.5) is 11.4 Å². The van der Waals surface area contributed by atoms with Gasteiger partial charge in [0.15, 0.2) is 0 Å². The van der Waals surface area contributed by atoms with Gasteiger partial charge in [-0.25, -0.2) is 0 Å². The fourth-order valence-electron chi connectivity index (χ4n) is 1.66. The zero-order valence-electron chi connectivity index (χ0n) is 8.01. The smallest absolute Gasteiger partial charge is 0.0576 e. The van der Waals surface area contributed by atoms with Crippen molar-refractivity contribution < 1.29 is 0 Å². The lowest BCUT2D eigenvalue weighted by Crippen LogP contribution is -2.17. The molecule has 0 fully saturated rings. The van der Waals surface area contributed by atoms with Crippen molar-refractivity contribution in [1.29, 1.82) is 0 Å². The fourth-order valence-corrected chi connectivity index (χ4v) is 1.66. The third-order valence-corrected chi connectivity index (χ3v) is 2.67. The molecule has 2 heteroatoms. The summed E-state index contributed by atoms with van der Waals surface area (Å²) in [6, 6.07) is 8.39. The van der Waals surface area contributed by atoms with Gasteiger partial charge in [0.05, 0.1) is 11.4 Å². The lowest BCUT2D eigenvalue weighted by atomic mass is 10.1. The molecule has 70 valence electrons. The Balaban J connectivity index is 2.17. The van der Waals surface area contributed by atoms with Crippen molar-refractivity contribution in [3.8, 4) is 0 Å². The lowest BCUT2D eigenvalue weighted by Gasteiger charge is -2.10. The van der Waals surface area contributed by atoms with E-state index in [1.54, 1.807) is 0 Å². The maximum atomic E-state index is 3.46. The Hall–Kier alpha value is -1.18. The van der Waals surface area contributed by atoms with Crippen LogP contribution in [-0.4, -0.2) is 13.1 Å². The summed E-state index contributed by atoms with van der Waals surface area (Å²) in [4.78, 5) is 0. The van der Waals surface area contributed by atoms with Gasteiger partial charge in [-0.3, -0.25) is 0 Å². The van der Waals surface area contributed by atoms with Crippen LogP contribution in [0.2, 0.25) is 0 Å². The van der Waals surface area contributed by atoms with Crippen LogP contribution in [0, 0.1) is 5.92 Å². The van der Waals surface area contributed by atoms with Crippen molar-refractivity contribution >= 4 is 11.4 Å². The first kappa shape index (κ1) is 8.42. The highest BCUT2D eigenvalue weighted by Gasteiger charge is 2.12. The molecule has 1 aliphatic rings. The summed E-state index contributed by atoms with van der Waals surface area (Å²) in [5.41, 5.74) is 2.47. The molecule has 0 saturated heterocycles. The van der Waals surface area contributed by atoms with E-state index in [1.807, 2.05) is 0 Å². The second-order valence-electron chi connectivity index (χ2n) is 3.58. The number of hydrogen-bond acceptors (Lipinski definition) is 2. The Bertz CT molecular complexity index is 256. The molecule has 0 aromatic heterocycles. The van der Waals surface area contributed by atoms with Crippen LogP contribution in [0.1, 0.15) is 13.3 Å². The van der Waals surface area contributed by atoms with Crippen molar-refractivity contribution in [1.82, 2.24) is 0 Å². The Morgan fingerprint density at radius 3 is 2.15 bits per heavy atom. The summed E-state index contributed by atoms with van der Waals surface area (Å²) in [5, 5.41) is 6.93. The molecule has 1 aromatic carbocycles. The molecule has 0 saturated carbocycles. The first-order chi connectivity index (χ1) is 6.40. The largest absolute Gasteiger partial charge is 0.383 e. The van der Waals surface area contributed by atoms with Gasteiger partial charge in [0.25, 0.3) is 0 Å². The average Bonchev–Trinajstić information content (AvgIpc) is 2.39. The molecule has 0 radical (unpaired) electrons. The van der Waals surface area contributed by atoms with E-state index < -0.39 is 0 Å². The molecule has 0 spiro atoms. The fraction of sp³-hybridized carbons (Fsp3) is 0.455. The number of fused-ring (bicyclic) bond motifs is 1. The highest BCUT2D eigenvalue weighted by molar-refractivity contribution is 5.69. The molecular formula is C11H16N2. The van der Waals surface area contributed by atoms with E-state index >= 15 is 0 Å². The van der Waals surface area contributed by atoms with Crippen molar-refractivity contribution in [3.05, 3.63) is 24.3 Å². The van der Waals surface area contributed by atoms with E-state index in [1.165, 1.54) is 17.8 Å². The summed E-state index contributed by atoms with van der Waals surface area (Å²) >= 11 is 0. The maximum Gasteiger partial charge on any atom is 0.0576 e. The summed E-state index contributed by atoms with van der Waals surface area (Å²) < 4.78 is 0. The van der Waals surface area contributed by atoms with Crippen LogP contribution < -0.4 is 10.6 Å². The molecule has 1 heterocycles. The van der Waals surface area contributed by atoms with Gasteiger partial charge in [-0.2, -0.15) is 0 Å². The molecule has 0 atom stereocenters. The second kappa shape index (κ2) is 3.69. The highest BCUT2D eigenvalue weighted by Crippen LogP contribution is 2.24. The van der Waals surface area contributed by atoms with Crippen molar-refractivity contribution in [2.75, 3.05) is 23.7 Å². The van der Waals surface area contributed by atoms with E-state index in [9.17, 15) is 0 Å². The van der Waals surface area contributed by atoms with Crippen LogP contribution in [-0.2, 0) is 0 Å². The summed E-state index contributed by atoms with van der Waals surface area (Å²) in [7, 11) is 0. The molecule has 1 aromatic rings. The third kappa shape index (κ3) is 1.77. The third-order valence-electron chi connectivity index (χ3n) is 2.67. The van der Waals surface area contributed by atoms with Gasteiger partial charge in [-0.1, -0.05) is 19.1 Å². The van der Waals surface area contributed by atoms with Gasteiger partial charge in [0, 0.05) is 13.1 Å². The summed E-state index contributed by atoms with van der Waals surface area (Å²) in [6.45, 7) is 4.41. The first-order valence-corrected chi connectivity index (χ1v) is 4.97. The van der Waals surface area contributed by atoms with Crippen LogP contribution in [0.5, 0.6) is 0 Å². The second-order valence-corrected chi connectivity index (χ2v) is 3.58. The highest BCUT2D eigenvalue weighted by atomic mass is 15.0. The van der Waals surface area contributed by atoms with E-state index in [0.717, 1.165) is 19.0 Å². The molecule has 0 unspecified atom stereocenters. The minimum absolute atomic E-state index is 0.743. The molecule has 2 N–H and O–H groups in total. The van der Waals surface area contributed by atoms with E-state index in [4.69, 9.17) is 0 Å². The maximum absolute atomic E-state index is 3.46. The van der Waals surface area contributed by atoms with Gasteiger partial charge < -0.3 is 10.6 Å². The summed E-state index contributed by atoms with van der Waals surface area (Å²) in [5.74, 6) is 0.743. The Morgan fingerprint density at radius 1 is 1.15 bits per heavy atom. The minimum atomic E-state index is 0.743. The number of para-hydroxylation sites is 2. The van der Waals surface area contributed by atoms with Crippen molar-refractivity contribution in [3.63, 3.8) is 0 Å². The van der Waals surface area contributed by atoms with Crippen LogP contribution >= 0.6 is 0 Å². The number of nitrogens with one attached hydrogen (secondary N) is 2. The van der Waals surface area contributed by atoms with Gasteiger partial charge in [-0.15, -0.1) is 0 Å². The molecule has 0 aliphatic carbocycles. The quantitative estimate of drug-likeness (QED) is 0.687. The molecule has 13 heavy (non-hydrogen) atoms. The molecule has 2 nitrogen and oxygen atoms in total. The van der Waals surface area contributed by atoms with Gasteiger partial charge in [-0.05, 0) is 24.5 Å². The number of anilines is 2. The normalized spacial score (nSPS) is 16.7.